The average Bonchev–Trinajstić information content (AvgIpc) is 2.49. The number of hydrogen-bond acceptors (Lipinski definition) is 3. The molecule has 0 bridgehead atoms. The lowest BCUT2D eigenvalue weighted by Crippen LogP contribution is -2.37. The molecule has 0 heterocycles. The summed E-state index contributed by atoms with van der Waals surface area (Å²) in [6.45, 7) is 0. The van der Waals surface area contributed by atoms with Crippen LogP contribution >= 0.6 is 11.6 Å². The fourth-order valence-electron chi connectivity index (χ4n) is 1.70. The third-order valence-corrected chi connectivity index (χ3v) is 3.04. The molecule has 2 aromatic rings. The summed E-state index contributed by atoms with van der Waals surface area (Å²) in [5.74, 6) is -0.560. The molecule has 0 unspecified atom stereocenters. The van der Waals surface area contributed by atoms with E-state index in [9.17, 15) is 9.59 Å². The lowest BCUT2D eigenvalue weighted by molar-refractivity contribution is 0.0965. The van der Waals surface area contributed by atoms with Gasteiger partial charge >= 0.3 is 6.03 Å². The van der Waals surface area contributed by atoms with Gasteiger partial charge in [0.25, 0.3) is 5.91 Å². The van der Waals surface area contributed by atoms with E-state index in [0.29, 0.717) is 10.7 Å². The van der Waals surface area contributed by atoms with Crippen molar-refractivity contribution in [3.63, 3.8) is 0 Å². The van der Waals surface area contributed by atoms with E-state index in [-0.39, 0.29) is 5.56 Å². The summed E-state index contributed by atoms with van der Waals surface area (Å²) in [5, 5.41) is 5.26. The quantitative estimate of drug-likeness (QED) is 0.761. The first-order valence-corrected chi connectivity index (χ1v) is 6.82. The van der Waals surface area contributed by atoms with Crippen LogP contribution in [-0.4, -0.2) is 11.9 Å². The molecule has 0 atom stereocenters. The predicted molar refractivity (Wildman–Crippen MR) is 87.3 cm³/mol. The lowest BCUT2D eigenvalue weighted by Gasteiger charge is -2.05. The maximum atomic E-state index is 11.9. The standard InChI is InChI=1S/C16H14ClN3O2/c17-12-7-5-11(6-8-12)9-10-19-16(22)20-15(21)13-3-1-2-4-14(13)18/h1-10H,18H2,(H2,19,20,21,22)/b10-9+. The molecular weight excluding hydrogens is 302 g/mol. The molecule has 3 amide bonds. The number of carbonyl (C=O) groups is 2. The van der Waals surface area contributed by atoms with Crippen molar-refractivity contribution in [2.45, 2.75) is 0 Å². The Kier molecular flexibility index (Phi) is 5.16. The van der Waals surface area contributed by atoms with Gasteiger partial charge in [-0.05, 0) is 35.9 Å². The summed E-state index contributed by atoms with van der Waals surface area (Å²) >= 11 is 5.77. The van der Waals surface area contributed by atoms with Crippen LogP contribution in [0.5, 0.6) is 0 Å². The van der Waals surface area contributed by atoms with Gasteiger partial charge in [-0.3, -0.25) is 10.1 Å². The number of urea groups is 1. The Bertz CT molecular complexity index is 712. The molecular formula is C16H14ClN3O2. The van der Waals surface area contributed by atoms with E-state index in [1.165, 1.54) is 6.20 Å². The molecule has 5 nitrogen and oxygen atoms in total. The van der Waals surface area contributed by atoms with Crippen LogP contribution in [0, 0.1) is 0 Å². The maximum absolute atomic E-state index is 11.9. The first-order chi connectivity index (χ1) is 10.6. The maximum Gasteiger partial charge on any atom is 0.325 e. The molecule has 2 rings (SSSR count). The molecule has 0 saturated carbocycles. The van der Waals surface area contributed by atoms with Crippen LogP contribution < -0.4 is 16.4 Å². The summed E-state index contributed by atoms with van der Waals surface area (Å²) in [6.07, 6.45) is 3.11. The van der Waals surface area contributed by atoms with Gasteiger partial charge in [0, 0.05) is 16.9 Å². The second kappa shape index (κ2) is 7.28. The van der Waals surface area contributed by atoms with E-state index in [1.54, 1.807) is 54.6 Å². The smallest absolute Gasteiger partial charge is 0.325 e. The van der Waals surface area contributed by atoms with Crippen LogP contribution in [-0.2, 0) is 0 Å². The topological polar surface area (TPSA) is 84.2 Å². The van der Waals surface area contributed by atoms with Crippen LogP contribution in [0.2, 0.25) is 5.02 Å². The van der Waals surface area contributed by atoms with E-state index < -0.39 is 11.9 Å². The normalized spacial score (nSPS) is 10.4. The highest BCUT2D eigenvalue weighted by Crippen LogP contribution is 2.11. The van der Waals surface area contributed by atoms with Gasteiger partial charge in [-0.25, -0.2) is 4.79 Å². The SMILES string of the molecule is Nc1ccccc1C(=O)NC(=O)N/C=C/c1ccc(Cl)cc1. The second-order valence-corrected chi connectivity index (χ2v) is 4.84. The van der Waals surface area contributed by atoms with Gasteiger partial charge in [0.15, 0.2) is 0 Å². The molecule has 0 aromatic heterocycles. The molecule has 0 aliphatic heterocycles. The Labute approximate surface area is 132 Å². The predicted octanol–water partition coefficient (Wildman–Crippen LogP) is 3.03. The fraction of sp³-hybridized carbons (Fsp3) is 0. The highest BCUT2D eigenvalue weighted by atomic mass is 35.5. The molecule has 0 saturated heterocycles. The van der Waals surface area contributed by atoms with Crippen LogP contribution in [0.3, 0.4) is 0 Å². The highest BCUT2D eigenvalue weighted by molar-refractivity contribution is 6.30. The zero-order chi connectivity index (χ0) is 15.9. The summed E-state index contributed by atoms with van der Waals surface area (Å²) in [4.78, 5) is 23.5. The molecule has 0 spiro atoms. The van der Waals surface area contributed by atoms with Crippen LogP contribution in [0.1, 0.15) is 15.9 Å². The van der Waals surface area contributed by atoms with Gasteiger partial charge in [-0.1, -0.05) is 35.9 Å². The minimum Gasteiger partial charge on any atom is -0.398 e. The summed E-state index contributed by atoms with van der Waals surface area (Å²) in [5.41, 5.74) is 7.09. The lowest BCUT2D eigenvalue weighted by atomic mass is 10.2. The molecule has 22 heavy (non-hydrogen) atoms. The number of imide groups is 1. The van der Waals surface area contributed by atoms with Gasteiger partial charge in [0.2, 0.25) is 0 Å². The number of anilines is 1. The van der Waals surface area contributed by atoms with E-state index in [4.69, 9.17) is 17.3 Å². The van der Waals surface area contributed by atoms with Crippen molar-refractivity contribution in [3.8, 4) is 0 Å². The minimum atomic E-state index is -0.640. The van der Waals surface area contributed by atoms with Gasteiger partial charge in [0.05, 0.1) is 5.56 Å². The van der Waals surface area contributed by atoms with Crippen molar-refractivity contribution in [3.05, 3.63) is 70.9 Å². The molecule has 112 valence electrons. The Morgan fingerprint density at radius 1 is 1.05 bits per heavy atom. The highest BCUT2D eigenvalue weighted by Gasteiger charge is 2.11. The molecule has 0 aliphatic carbocycles. The number of hydrogen-bond donors (Lipinski definition) is 3. The second-order valence-electron chi connectivity index (χ2n) is 4.40. The molecule has 0 aliphatic rings. The van der Waals surface area contributed by atoms with Gasteiger partial charge in [0.1, 0.15) is 0 Å². The van der Waals surface area contributed by atoms with Gasteiger partial charge in [-0.15, -0.1) is 0 Å². The van der Waals surface area contributed by atoms with Gasteiger partial charge < -0.3 is 11.1 Å². The minimum absolute atomic E-state index is 0.249. The first kappa shape index (κ1) is 15.6. The van der Waals surface area contributed by atoms with E-state index in [2.05, 4.69) is 10.6 Å². The van der Waals surface area contributed by atoms with Crippen LogP contribution in [0.25, 0.3) is 6.08 Å². The van der Waals surface area contributed by atoms with E-state index in [0.717, 1.165) is 5.56 Å². The zero-order valence-electron chi connectivity index (χ0n) is 11.5. The van der Waals surface area contributed by atoms with Crippen molar-refractivity contribution in [2.24, 2.45) is 0 Å². The van der Waals surface area contributed by atoms with E-state index in [1.807, 2.05) is 0 Å². The Morgan fingerprint density at radius 3 is 2.41 bits per heavy atom. The van der Waals surface area contributed by atoms with Crippen molar-refractivity contribution >= 4 is 35.3 Å². The first-order valence-electron chi connectivity index (χ1n) is 6.45. The third-order valence-electron chi connectivity index (χ3n) is 2.79. The number of rotatable bonds is 3. The molecule has 2 aromatic carbocycles. The number of para-hydroxylation sites is 1. The van der Waals surface area contributed by atoms with Crippen LogP contribution in [0.15, 0.2) is 54.7 Å². The number of carbonyl (C=O) groups excluding carboxylic acids is 2. The molecule has 0 radical (unpaired) electrons. The average molecular weight is 316 g/mol. The summed E-state index contributed by atoms with van der Waals surface area (Å²) in [7, 11) is 0. The fourth-order valence-corrected chi connectivity index (χ4v) is 1.82. The third kappa shape index (κ3) is 4.36. The summed E-state index contributed by atoms with van der Waals surface area (Å²) in [6, 6.07) is 13.0. The number of nitrogens with one attached hydrogen (secondary N) is 2. The Balaban J connectivity index is 1.89. The molecule has 0 fully saturated rings. The number of nitrogen functional groups attached to an aromatic ring is 1. The van der Waals surface area contributed by atoms with Crippen molar-refractivity contribution < 1.29 is 9.59 Å². The molecule has 6 heteroatoms. The number of benzene rings is 2. The monoisotopic (exact) mass is 315 g/mol. The van der Waals surface area contributed by atoms with Crippen LogP contribution in [0.4, 0.5) is 10.5 Å². The molecule has 4 N–H and O–H groups in total. The van der Waals surface area contributed by atoms with Gasteiger partial charge in [-0.2, -0.15) is 0 Å². The van der Waals surface area contributed by atoms with Crippen molar-refractivity contribution in [2.75, 3.05) is 5.73 Å². The Hall–Kier alpha value is -2.79. The zero-order valence-corrected chi connectivity index (χ0v) is 12.3. The van der Waals surface area contributed by atoms with Crippen molar-refractivity contribution in [1.29, 1.82) is 0 Å². The number of halogens is 1. The largest absolute Gasteiger partial charge is 0.398 e. The number of amides is 3. The Morgan fingerprint density at radius 2 is 1.73 bits per heavy atom. The summed E-state index contributed by atoms with van der Waals surface area (Å²) < 4.78 is 0. The number of nitrogens with two attached hydrogens (primary N) is 1. The van der Waals surface area contributed by atoms with Crippen molar-refractivity contribution in [1.82, 2.24) is 10.6 Å². The van der Waals surface area contributed by atoms with E-state index >= 15 is 0 Å².